The van der Waals surface area contributed by atoms with Gasteiger partial charge in [-0.25, -0.2) is 15.0 Å². The summed E-state index contributed by atoms with van der Waals surface area (Å²) in [6.45, 7) is 0. The summed E-state index contributed by atoms with van der Waals surface area (Å²) in [5.74, 6) is 1.94. The minimum Gasteiger partial charge on any atom is -0.309 e. The molecule has 7 aromatic carbocycles. The lowest BCUT2D eigenvalue weighted by Gasteiger charge is -2.11. The van der Waals surface area contributed by atoms with E-state index < -0.39 is 0 Å². The van der Waals surface area contributed by atoms with Crippen LogP contribution in [-0.2, 0) is 0 Å². The number of fused-ring (bicyclic) bond motifs is 10. The number of nitrogens with zero attached hydrogens (tertiary/aromatic N) is 5. The third kappa shape index (κ3) is 3.80. The maximum absolute atomic E-state index is 5.02. The van der Waals surface area contributed by atoms with Crippen molar-refractivity contribution in [1.29, 1.82) is 0 Å². The minimum absolute atomic E-state index is 0.638. The smallest absolute Gasteiger partial charge is 0.164 e. The number of para-hydroxylation sites is 3. The van der Waals surface area contributed by atoms with Gasteiger partial charge < -0.3 is 8.97 Å². The summed E-state index contributed by atoms with van der Waals surface area (Å²) in [4.78, 5) is 15.0. The SMILES string of the molecule is c1ccc(-c2nc(-c3ccccc3)nc(-c3cccc(-n4c5ccccc5c5c6c7cccc8c9ccccc9n(c6ccc54)c87)c3)n2)cc1. The molecule has 0 atom stereocenters. The van der Waals surface area contributed by atoms with E-state index >= 15 is 0 Å². The van der Waals surface area contributed by atoms with Crippen molar-refractivity contribution < 1.29 is 0 Å². The molecule has 11 aromatic rings. The van der Waals surface area contributed by atoms with Crippen molar-refractivity contribution in [2.75, 3.05) is 0 Å². The summed E-state index contributed by atoms with van der Waals surface area (Å²) in [7, 11) is 0. The first kappa shape index (κ1) is 27.1. The van der Waals surface area contributed by atoms with Crippen molar-refractivity contribution in [3.63, 3.8) is 0 Å². The fourth-order valence-electron chi connectivity index (χ4n) is 7.98. The van der Waals surface area contributed by atoms with Crippen molar-refractivity contribution in [2.24, 2.45) is 0 Å². The second kappa shape index (κ2) is 10.3. The number of hydrogen-bond acceptors (Lipinski definition) is 3. The van der Waals surface area contributed by atoms with Gasteiger partial charge in [-0.15, -0.1) is 0 Å². The molecule has 0 aliphatic heterocycles. The van der Waals surface area contributed by atoms with Crippen LogP contribution < -0.4 is 0 Å². The second-order valence-electron chi connectivity index (χ2n) is 12.8. The summed E-state index contributed by atoms with van der Waals surface area (Å²) >= 11 is 0. The molecule has 0 radical (unpaired) electrons. The Morgan fingerprint density at radius 2 is 0.860 bits per heavy atom. The van der Waals surface area contributed by atoms with Gasteiger partial charge >= 0.3 is 0 Å². The normalized spacial score (nSPS) is 12.0. The van der Waals surface area contributed by atoms with Crippen LogP contribution in [0.5, 0.6) is 0 Å². The Hall–Kier alpha value is -6.85. The third-order valence-electron chi connectivity index (χ3n) is 10.1. The molecule has 232 valence electrons. The van der Waals surface area contributed by atoms with Crippen LogP contribution in [0.3, 0.4) is 0 Å². The summed E-state index contributed by atoms with van der Waals surface area (Å²) in [6.07, 6.45) is 0. The topological polar surface area (TPSA) is 48.0 Å². The number of aromatic nitrogens is 5. The lowest BCUT2D eigenvalue weighted by molar-refractivity contribution is 1.07. The van der Waals surface area contributed by atoms with E-state index in [0.29, 0.717) is 17.5 Å². The van der Waals surface area contributed by atoms with E-state index in [1.165, 1.54) is 54.4 Å². The Labute approximate surface area is 286 Å². The molecule has 0 amide bonds. The summed E-state index contributed by atoms with van der Waals surface area (Å²) < 4.78 is 4.84. The van der Waals surface area contributed by atoms with Crippen molar-refractivity contribution in [2.45, 2.75) is 0 Å². The highest BCUT2D eigenvalue weighted by atomic mass is 15.0. The van der Waals surface area contributed by atoms with E-state index in [1.54, 1.807) is 0 Å². The van der Waals surface area contributed by atoms with E-state index in [2.05, 4.69) is 112 Å². The molecule has 50 heavy (non-hydrogen) atoms. The molecule has 0 spiro atoms. The molecule has 0 aliphatic carbocycles. The summed E-state index contributed by atoms with van der Waals surface area (Å²) in [6, 6.07) is 57.6. The van der Waals surface area contributed by atoms with Gasteiger partial charge in [0.2, 0.25) is 0 Å². The zero-order chi connectivity index (χ0) is 32.8. The average molecular weight is 638 g/mol. The molecule has 5 nitrogen and oxygen atoms in total. The Morgan fingerprint density at radius 1 is 0.340 bits per heavy atom. The molecule has 0 unspecified atom stereocenters. The molecular formula is C45H27N5. The highest BCUT2D eigenvalue weighted by Crippen LogP contribution is 2.45. The fraction of sp³-hybridized carbons (Fsp3) is 0. The molecule has 4 aromatic heterocycles. The van der Waals surface area contributed by atoms with Crippen LogP contribution in [0, 0.1) is 0 Å². The Balaban J connectivity index is 1.17. The quantitative estimate of drug-likeness (QED) is 0.193. The first-order valence-electron chi connectivity index (χ1n) is 16.9. The molecule has 5 heteroatoms. The van der Waals surface area contributed by atoms with E-state index in [1.807, 2.05) is 60.7 Å². The molecule has 0 N–H and O–H groups in total. The van der Waals surface area contributed by atoms with Crippen molar-refractivity contribution in [1.82, 2.24) is 23.9 Å². The maximum Gasteiger partial charge on any atom is 0.164 e. The van der Waals surface area contributed by atoms with Crippen LogP contribution in [0.25, 0.3) is 99.8 Å². The first-order chi connectivity index (χ1) is 24.8. The van der Waals surface area contributed by atoms with Gasteiger partial charge in [0, 0.05) is 54.7 Å². The largest absolute Gasteiger partial charge is 0.309 e. The lowest BCUT2D eigenvalue weighted by atomic mass is 10.0. The van der Waals surface area contributed by atoms with Gasteiger partial charge in [-0.3, -0.25) is 0 Å². The predicted molar refractivity (Wildman–Crippen MR) is 205 cm³/mol. The third-order valence-corrected chi connectivity index (χ3v) is 10.1. The van der Waals surface area contributed by atoms with Gasteiger partial charge in [-0.1, -0.05) is 127 Å². The van der Waals surface area contributed by atoms with Gasteiger partial charge in [0.25, 0.3) is 0 Å². The van der Waals surface area contributed by atoms with E-state index in [-0.39, 0.29) is 0 Å². The standard InChI is InChI=1S/C45H27N5/c1-3-13-28(14-4-1)43-46-44(29-15-5-2-6-16-29)48-45(47-43)30-17-11-18-31(27-30)49-37-24-10-8-20-34(37)40-38(49)25-26-39-41(40)35-22-12-21-33-32-19-7-9-23-36(32)50(39)42(33)35/h1-27H. The molecule has 11 rings (SSSR count). The van der Waals surface area contributed by atoms with Crippen molar-refractivity contribution in [3.8, 4) is 39.9 Å². The lowest BCUT2D eigenvalue weighted by Crippen LogP contribution is -2.01. The van der Waals surface area contributed by atoms with Crippen molar-refractivity contribution in [3.05, 3.63) is 164 Å². The van der Waals surface area contributed by atoms with Gasteiger partial charge in [-0.2, -0.15) is 0 Å². The highest BCUT2D eigenvalue weighted by Gasteiger charge is 2.22. The second-order valence-corrected chi connectivity index (χ2v) is 12.8. The maximum atomic E-state index is 5.02. The molecule has 0 aliphatic rings. The fourth-order valence-corrected chi connectivity index (χ4v) is 7.98. The zero-order valence-corrected chi connectivity index (χ0v) is 26.8. The Bertz CT molecular complexity index is 3030. The van der Waals surface area contributed by atoms with Gasteiger partial charge in [0.15, 0.2) is 17.5 Å². The zero-order valence-electron chi connectivity index (χ0n) is 26.8. The Morgan fingerprint density at radius 3 is 1.60 bits per heavy atom. The molecule has 0 saturated heterocycles. The van der Waals surface area contributed by atoms with Gasteiger partial charge in [0.05, 0.1) is 27.6 Å². The summed E-state index contributed by atoms with van der Waals surface area (Å²) in [5, 5.41) is 7.65. The van der Waals surface area contributed by atoms with Crippen LogP contribution >= 0.6 is 0 Å². The first-order valence-corrected chi connectivity index (χ1v) is 16.9. The van der Waals surface area contributed by atoms with Crippen LogP contribution in [-0.4, -0.2) is 23.9 Å². The van der Waals surface area contributed by atoms with Crippen LogP contribution in [0.15, 0.2) is 164 Å². The number of benzene rings is 7. The van der Waals surface area contributed by atoms with E-state index in [0.717, 1.165) is 27.9 Å². The van der Waals surface area contributed by atoms with Crippen LogP contribution in [0.4, 0.5) is 0 Å². The molecular weight excluding hydrogens is 611 g/mol. The summed E-state index contributed by atoms with van der Waals surface area (Å²) in [5.41, 5.74) is 9.97. The number of hydrogen-bond donors (Lipinski definition) is 0. The Kier molecular flexibility index (Phi) is 5.60. The molecule has 0 fully saturated rings. The van der Waals surface area contributed by atoms with Crippen LogP contribution in [0.1, 0.15) is 0 Å². The highest BCUT2D eigenvalue weighted by molar-refractivity contribution is 6.32. The molecule has 0 bridgehead atoms. The van der Waals surface area contributed by atoms with Gasteiger partial charge in [0.1, 0.15) is 0 Å². The molecule has 4 heterocycles. The number of rotatable bonds is 4. The minimum atomic E-state index is 0.638. The van der Waals surface area contributed by atoms with Crippen molar-refractivity contribution >= 4 is 59.9 Å². The van der Waals surface area contributed by atoms with Crippen LogP contribution in [0.2, 0.25) is 0 Å². The molecule has 0 saturated carbocycles. The average Bonchev–Trinajstić information content (AvgIpc) is 3.84. The van der Waals surface area contributed by atoms with E-state index in [9.17, 15) is 0 Å². The van der Waals surface area contributed by atoms with Gasteiger partial charge in [-0.05, 0) is 36.4 Å². The van der Waals surface area contributed by atoms with E-state index in [4.69, 9.17) is 15.0 Å². The monoisotopic (exact) mass is 637 g/mol. The predicted octanol–water partition coefficient (Wildman–Crippen LogP) is 11.1.